The van der Waals surface area contributed by atoms with Crippen LogP contribution in [0, 0.1) is 5.41 Å². The molecule has 0 bridgehead atoms. The summed E-state index contributed by atoms with van der Waals surface area (Å²) in [6, 6.07) is 7.78. The summed E-state index contributed by atoms with van der Waals surface area (Å²) in [5.74, 6) is 0. The molecule has 0 heterocycles. The van der Waals surface area contributed by atoms with Crippen molar-refractivity contribution < 1.29 is 0 Å². The molecule has 0 saturated heterocycles. The number of benzene rings is 1. The molecule has 0 aliphatic carbocycles. The second-order valence-electron chi connectivity index (χ2n) is 2.45. The van der Waals surface area contributed by atoms with E-state index in [1.54, 1.807) is 13.0 Å². The van der Waals surface area contributed by atoms with Gasteiger partial charge in [-0.15, -0.1) is 0 Å². The summed E-state index contributed by atoms with van der Waals surface area (Å²) in [4.78, 5) is 0. The number of rotatable bonds is 2. The zero-order chi connectivity index (χ0) is 8.27. The van der Waals surface area contributed by atoms with Gasteiger partial charge in [-0.25, -0.2) is 0 Å². The fourth-order valence-corrected chi connectivity index (χ4v) is 0.869. The molecular weight excluding hydrogens is 134 g/mol. The smallest absolute Gasteiger partial charge is 0.0355 e. The highest BCUT2D eigenvalue weighted by Gasteiger charge is 1.92. The molecule has 11 heavy (non-hydrogen) atoms. The summed E-state index contributed by atoms with van der Waals surface area (Å²) < 4.78 is 0. The molecule has 1 aromatic rings. The van der Waals surface area contributed by atoms with Crippen LogP contribution < -0.4 is 0 Å². The summed E-state index contributed by atoms with van der Waals surface area (Å²) in [5.41, 5.74) is 2.66. The first kappa shape index (κ1) is 7.73. The fraction of sp³-hybridized carbons (Fsp3) is 0.100. The first-order chi connectivity index (χ1) is 5.24. The third-order valence-electron chi connectivity index (χ3n) is 1.58. The predicted octanol–water partition coefficient (Wildman–Crippen LogP) is 2.72. The normalized spacial score (nSPS) is 9.18. The van der Waals surface area contributed by atoms with Crippen molar-refractivity contribution in [3.63, 3.8) is 0 Å². The molecule has 0 atom stereocenters. The van der Waals surface area contributed by atoms with E-state index < -0.39 is 0 Å². The van der Waals surface area contributed by atoms with Crippen LogP contribution in [0.2, 0.25) is 0 Å². The lowest BCUT2D eigenvalue weighted by Crippen LogP contribution is -1.90. The molecule has 0 aliphatic rings. The van der Waals surface area contributed by atoms with E-state index in [1.165, 1.54) is 0 Å². The lowest BCUT2D eigenvalue weighted by molar-refractivity contribution is 1.45. The van der Waals surface area contributed by atoms with Crippen molar-refractivity contribution >= 4 is 11.8 Å². The van der Waals surface area contributed by atoms with Crippen molar-refractivity contribution in [3.05, 3.63) is 42.0 Å². The number of nitrogens with one attached hydrogen (secondary N) is 1. The minimum Gasteiger partial charge on any atom is -0.305 e. The van der Waals surface area contributed by atoms with Crippen molar-refractivity contribution in [1.29, 1.82) is 5.41 Å². The van der Waals surface area contributed by atoms with Gasteiger partial charge in [0.1, 0.15) is 0 Å². The molecule has 56 valence electrons. The SMILES string of the molecule is C=Cc1ccc(C(C)=N)cc1. The highest BCUT2D eigenvalue weighted by molar-refractivity contribution is 5.96. The molecule has 0 aliphatic heterocycles. The standard InChI is InChI=1S/C10H11N/c1-3-9-4-6-10(7-5-9)8(2)11/h3-7,11H,1H2,2H3. The van der Waals surface area contributed by atoms with Crippen LogP contribution in [0.3, 0.4) is 0 Å². The molecule has 1 rings (SSSR count). The fourth-order valence-electron chi connectivity index (χ4n) is 0.869. The Hall–Kier alpha value is -1.37. The van der Waals surface area contributed by atoms with Crippen molar-refractivity contribution in [2.24, 2.45) is 0 Å². The average Bonchev–Trinajstić information content (AvgIpc) is 2.05. The monoisotopic (exact) mass is 145 g/mol. The Morgan fingerprint density at radius 3 is 2.27 bits per heavy atom. The molecule has 0 unspecified atom stereocenters. The summed E-state index contributed by atoms with van der Waals surface area (Å²) in [6.07, 6.45) is 1.79. The van der Waals surface area contributed by atoms with Gasteiger partial charge < -0.3 is 5.41 Å². The van der Waals surface area contributed by atoms with E-state index in [9.17, 15) is 0 Å². The molecule has 1 N–H and O–H groups in total. The lowest BCUT2D eigenvalue weighted by atomic mass is 10.1. The van der Waals surface area contributed by atoms with Gasteiger partial charge in [0.2, 0.25) is 0 Å². The van der Waals surface area contributed by atoms with Crippen LogP contribution in [0.4, 0.5) is 0 Å². The second-order valence-corrected chi connectivity index (χ2v) is 2.45. The number of hydrogen-bond donors (Lipinski definition) is 1. The summed E-state index contributed by atoms with van der Waals surface area (Å²) >= 11 is 0. The van der Waals surface area contributed by atoms with E-state index in [0.29, 0.717) is 5.71 Å². The third-order valence-corrected chi connectivity index (χ3v) is 1.58. The van der Waals surface area contributed by atoms with Gasteiger partial charge in [0.15, 0.2) is 0 Å². The van der Waals surface area contributed by atoms with Crippen LogP contribution in [0.15, 0.2) is 30.8 Å². The van der Waals surface area contributed by atoms with E-state index in [4.69, 9.17) is 5.41 Å². The molecular formula is C10H11N. The maximum Gasteiger partial charge on any atom is 0.0355 e. The van der Waals surface area contributed by atoms with Gasteiger partial charge in [0.05, 0.1) is 0 Å². The second kappa shape index (κ2) is 3.15. The Morgan fingerprint density at radius 2 is 1.91 bits per heavy atom. The van der Waals surface area contributed by atoms with Crippen molar-refractivity contribution in [3.8, 4) is 0 Å². The van der Waals surface area contributed by atoms with Gasteiger partial charge in [-0.2, -0.15) is 0 Å². The van der Waals surface area contributed by atoms with E-state index in [2.05, 4.69) is 6.58 Å². The first-order valence-corrected chi connectivity index (χ1v) is 3.52. The van der Waals surface area contributed by atoms with E-state index in [0.717, 1.165) is 11.1 Å². The Bertz CT molecular complexity index is 269. The van der Waals surface area contributed by atoms with Gasteiger partial charge in [-0.05, 0) is 18.1 Å². The minimum atomic E-state index is 0.598. The average molecular weight is 145 g/mol. The van der Waals surface area contributed by atoms with Crippen LogP contribution >= 0.6 is 0 Å². The van der Waals surface area contributed by atoms with Crippen LogP contribution in [0.5, 0.6) is 0 Å². The van der Waals surface area contributed by atoms with E-state index >= 15 is 0 Å². The van der Waals surface area contributed by atoms with Crippen molar-refractivity contribution in [1.82, 2.24) is 0 Å². The Kier molecular flexibility index (Phi) is 2.21. The molecule has 0 aromatic heterocycles. The van der Waals surface area contributed by atoms with Gasteiger partial charge in [0.25, 0.3) is 0 Å². The topological polar surface area (TPSA) is 23.9 Å². The van der Waals surface area contributed by atoms with Crippen LogP contribution in [0.1, 0.15) is 18.1 Å². The molecule has 1 heteroatoms. The summed E-state index contributed by atoms with van der Waals surface area (Å²) in [7, 11) is 0. The van der Waals surface area contributed by atoms with Crippen LogP contribution in [-0.2, 0) is 0 Å². The summed E-state index contributed by atoms with van der Waals surface area (Å²) in [5, 5.41) is 7.34. The molecule has 1 nitrogen and oxygen atoms in total. The third kappa shape index (κ3) is 1.77. The Balaban J connectivity index is 3.00. The van der Waals surface area contributed by atoms with Crippen LogP contribution in [0.25, 0.3) is 6.08 Å². The first-order valence-electron chi connectivity index (χ1n) is 3.52. The quantitative estimate of drug-likeness (QED) is 0.619. The minimum absolute atomic E-state index is 0.598. The van der Waals surface area contributed by atoms with Gasteiger partial charge in [0, 0.05) is 5.71 Å². The molecule has 0 spiro atoms. The van der Waals surface area contributed by atoms with E-state index in [-0.39, 0.29) is 0 Å². The summed E-state index contributed by atoms with van der Waals surface area (Å²) in [6.45, 7) is 5.43. The predicted molar refractivity (Wildman–Crippen MR) is 49.0 cm³/mol. The molecule has 1 aromatic carbocycles. The molecule has 0 amide bonds. The highest BCUT2D eigenvalue weighted by Crippen LogP contribution is 2.05. The zero-order valence-corrected chi connectivity index (χ0v) is 6.59. The van der Waals surface area contributed by atoms with Gasteiger partial charge in [-0.3, -0.25) is 0 Å². The van der Waals surface area contributed by atoms with Crippen molar-refractivity contribution in [2.45, 2.75) is 6.92 Å². The number of hydrogen-bond acceptors (Lipinski definition) is 1. The molecule has 0 radical (unpaired) electrons. The van der Waals surface area contributed by atoms with Crippen LogP contribution in [-0.4, -0.2) is 5.71 Å². The highest BCUT2D eigenvalue weighted by atomic mass is 14.4. The maximum absolute atomic E-state index is 7.34. The van der Waals surface area contributed by atoms with Gasteiger partial charge in [-0.1, -0.05) is 36.9 Å². The Morgan fingerprint density at radius 1 is 1.36 bits per heavy atom. The van der Waals surface area contributed by atoms with Crippen molar-refractivity contribution in [2.75, 3.05) is 0 Å². The zero-order valence-electron chi connectivity index (χ0n) is 6.59. The Labute approximate surface area is 66.9 Å². The largest absolute Gasteiger partial charge is 0.305 e. The molecule has 0 saturated carbocycles. The van der Waals surface area contributed by atoms with E-state index in [1.807, 2.05) is 24.3 Å². The molecule has 0 fully saturated rings. The van der Waals surface area contributed by atoms with Gasteiger partial charge >= 0.3 is 0 Å². The lowest BCUT2D eigenvalue weighted by Gasteiger charge is -1.97. The maximum atomic E-state index is 7.34.